The van der Waals surface area contributed by atoms with Gasteiger partial charge in [-0.1, -0.05) is 6.92 Å². The number of aromatic carboxylic acids is 1. The molecule has 1 aliphatic heterocycles. The molecule has 1 aromatic rings. The first-order valence-electron chi connectivity index (χ1n) is 4.48. The zero-order chi connectivity index (χ0) is 10.1. The van der Waals surface area contributed by atoms with Crippen molar-refractivity contribution in [2.75, 3.05) is 6.61 Å². The van der Waals surface area contributed by atoms with Crippen molar-refractivity contribution in [3.63, 3.8) is 0 Å². The van der Waals surface area contributed by atoms with E-state index in [4.69, 9.17) is 14.3 Å². The van der Waals surface area contributed by atoms with Gasteiger partial charge in [-0.2, -0.15) is 0 Å². The highest BCUT2D eigenvalue weighted by Crippen LogP contribution is 2.35. The molecule has 2 unspecified atom stereocenters. The molecule has 0 amide bonds. The first-order valence-corrected chi connectivity index (χ1v) is 4.48. The Hall–Kier alpha value is -1.36. The van der Waals surface area contributed by atoms with Crippen LogP contribution in [0.1, 0.15) is 35.7 Å². The summed E-state index contributed by atoms with van der Waals surface area (Å²) in [5.41, 5.74) is -0.0382. The Labute approximate surface area is 80.7 Å². The fourth-order valence-electron chi connectivity index (χ4n) is 1.65. The van der Waals surface area contributed by atoms with Gasteiger partial charge in [0.1, 0.15) is 6.10 Å². The molecule has 5 nitrogen and oxygen atoms in total. The average molecular weight is 197 g/mol. The van der Waals surface area contributed by atoms with Crippen molar-refractivity contribution in [3.8, 4) is 0 Å². The Kier molecular flexibility index (Phi) is 2.25. The van der Waals surface area contributed by atoms with Crippen LogP contribution >= 0.6 is 0 Å². The second kappa shape index (κ2) is 3.42. The third-order valence-corrected chi connectivity index (χ3v) is 2.44. The number of ether oxygens (including phenoxy) is 1. The van der Waals surface area contributed by atoms with Gasteiger partial charge in [0.25, 0.3) is 0 Å². The summed E-state index contributed by atoms with van der Waals surface area (Å²) < 4.78 is 10.5. The topological polar surface area (TPSA) is 72.6 Å². The summed E-state index contributed by atoms with van der Waals surface area (Å²) in [4.78, 5) is 14.4. The molecule has 0 spiro atoms. The molecule has 1 N–H and O–H groups in total. The van der Waals surface area contributed by atoms with Crippen LogP contribution in [-0.2, 0) is 4.74 Å². The molecule has 0 saturated carbocycles. The maximum absolute atomic E-state index is 10.8. The standard InChI is InChI=1S/C9H11NO4/c1-5-2-3-13-7(5)8-6(9(11)12)10-4-14-8/h4-5,7H,2-3H2,1H3,(H,11,12). The second-order valence-corrected chi connectivity index (χ2v) is 3.43. The van der Waals surface area contributed by atoms with Gasteiger partial charge in [-0.25, -0.2) is 9.78 Å². The van der Waals surface area contributed by atoms with Crippen LogP contribution in [0.5, 0.6) is 0 Å². The highest BCUT2D eigenvalue weighted by atomic mass is 16.5. The number of aromatic nitrogens is 1. The number of hydrogen-bond donors (Lipinski definition) is 1. The molecule has 76 valence electrons. The Morgan fingerprint density at radius 2 is 2.50 bits per heavy atom. The SMILES string of the molecule is CC1CCOC1c1ocnc1C(=O)O. The molecule has 1 aromatic heterocycles. The van der Waals surface area contributed by atoms with Crippen molar-refractivity contribution in [1.29, 1.82) is 0 Å². The molecule has 1 saturated heterocycles. The van der Waals surface area contributed by atoms with Gasteiger partial charge < -0.3 is 14.3 Å². The van der Waals surface area contributed by atoms with Crippen molar-refractivity contribution in [2.45, 2.75) is 19.4 Å². The molecule has 2 atom stereocenters. The van der Waals surface area contributed by atoms with Gasteiger partial charge in [0.15, 0.2) is 17.8 Å². The van der Waals surface area contributed by atoms with E-state index in [1.165, 1.54) is 0 Å². The van der Waals surface area contributed by atoms with Gasteiger partial charge in [0.05, 0.1) is 0 Å². The van der Waals surface area contributed by atoms with E-state index in [2.05, 4.69) is 4.98 Å². The number of carboxylic acid groups (broad SMARTS) is 1. The summed E-state index contributed by atoms with van der Waals surface area (Å²) in [7, 11) is 0. The second-order valence-electron chi connectivity index (χ2n) is 3.43. The molecular formula is C9H11NO4. The summed E-state index contributed by atoms with van der Waals surface area (Å²) in [5.74, 6) is -0.458. The van der Waals surface area contributed by atoms with E-state index < -0.39 is 5.97 Å². The van der Waals surface area contributed by atoms with Crippen LogP contribution in [0.25, 0.3) is 0 Å². The Morgan fingerprint density at radius 1 is 1.71 bits per heavy atom. The van der Waals surface area contributed by atoms with Crippen molar-refractivity contribution >= 4 is 5.97 Å². The van der Waals surface area contributed by atoms with E-state index in [-0.39, 0.29) is 17.7 Å². The minimum Gasteiger partial charge on any atom is -0.476 e. The van der Waals surface area contributed by atoms with E-state index in [0.29, 0.717) is 12.4 Å². The van der Waals surface area contributed by atoms with Crippen LogP contribution in [0, 0.1) is 5.92 Å². The Morgan fingerprint density at radius 3 is 3.07 bits per heavy atom. The van der Waals surface area contributed by atoms with Crippen LogP contribution in [0.3, 0.4) is 0 Å². The van der Waals surface area contributed by atoms with Crippen LogP contribution < -0.4 is 0 Å². The lowest BCUT2D eigenvalue weighted by Gasteiger charge is -2.11. The lowest BCUT2D eigenvalue weighted by atomic mass is 10.0. The van der Waals surface area contributed by atoms with Gasteiger partial charge in [0.2, 0.25) is 0 Å². The number of nitrogens with zero attached hydrogens (tertiary/aromatic N) is 1. The van der Waals surface area contributed by atoms with E-state index in [1.807, 2.05) is 6.92 Å². The van der Waals surface area contributed by atoms with Gasteiger partial charge >= 0.3 is 5.97 Å². The highest BCUT2D eigenvalue weighted by Gasteiger charge is 2.33. The molecule has 1 fully saturated rings. The van der Waals surface area contributed by atoms with E-state index in [1.54, 1.807) is 0 Å². The van der Waals surface area contributed by atoms with Crippen molar-refractivity contribution < 1.29 is 19.1 Å². The Bertz CT molecular complexity index is 346. The number of oxazole rings is 1. The molecule has 0 aliphatic carbocycles. The zero-order valence-corrected chi connectivity index (χ0v) is 7.77. The van der Waals surface area contributed by atoms with Gasteiger partial charge in [-0.15, -0.1) is 0 Å². The maximum Gasteiger partial charge on any atom is 0.358 e. The minimum atomic E-state index is -1.07. The molecule has 2 heterocycles. The lowest BCUT2D eigenvalue weighted by Crippen LogP contribution is -2.09. The summed E-state index contributed by atoms with van der Waals surface area (Å²) in [6.07, 6.45) is 1.81. The molecule has 0 bridgehead atoms. The van der Waals surface area contributed by atoms with Crippen LogP contribution in [0.4, 0.5) is 0 Å². The van der Waals surface area contributed by atoms with Gasteiger partial charge in [-0.3, -0.25) is 0 Å². The van der Waals surface area contributed by atoms with E-state index in [9.17, 15) is 4.79 Å². The lowest BCUT2D eigenvalue weighted by molar-refractivity contribution is 0.0625. The molecule has 2 rings (SSSR count). The van der Waals surface area contributed by atoms with Crippen LogP contribution in [0.2, 0.25) is 0 Å². The van der Waals surface area contributed by atoms with Gasteiger partial charge in [-0.05, 0) is 12.3 Å². The van der Waals surface area contributed by atoms with Gasteiger partial charge in [0, 0.05) is 6.61 Å². The van der Waals surface area contributed by atoms with Crippen molar-refractivity contribution in [3.05, 3.63) is 17.8 Å². The van der Waals surface area contributed by atoms with Crippen LogP contribution in [-0.4, -0.2) is 22.7 Å². The normalized spacial score (nSPS) is 26.6. The number of carboxylic acids is 1. The third kappa shape index (κ3) is 1.39. The summed E-state index contributed by atoms with van der Waals surface area (Å²) >= 11 is 0. The van der Waals surface area contributed by atoms with Crippen molar-refractivity contribution in [2.24, 2.45) is 5.92 Å². The number of rotatable bonds is 2. The van der Waals surface area contributed by atoms with E-state index in [0.717, 1.165) is 12.8 Å². The predicted octanol–water partition coefficient (Wildman–Crippen LogP) is 1.47. The zero-order valence-electron chi connectivity index (χ0n) is 7.77. The number of carbonyl (C=O) groups is 1. The first kappa shape index (κ1) is 9.21. The predicted molar refractivity (Wildman–Crippen MR) is 45.9 cm³/mol. The average Bonchev–Trinajstić information content (AvgIpc) is 2.70. The number of hydrogen-bond acceptors (Lipinski definition) is 4. The van der Waals surface area contributed by atoms with Crippen molar-refractivity contribution in [1.82, 2.24) is 4.98 Å². The molecule has 1 aliphatic rings. The third-order valence-electron chi connectivity index (χ3n) is 2.44. The maximum atomic E-state index is 10.8. The molecule has 5 heteroatoms. The first-order chi connectivity index (χ1) is 6.70. The van der Waals surface area contributed by atoms with Crippen LogP contribution in [0.15, 0.2) is 10.8 Å². The molecule has 0 radical (unpaired) electrons. The molecule has 0 aromatic carbocycles. The monoisotopic (exact) mass is 197 g/mol. The quantitative estimate of drug-likeness (QED) is 0.777. The minimum absolute atomic E-state index is 0.0382. The fraction of sp³-hybridized carbons (Fsp3) is 0.556. The summed E-state index contributed by atoms with van der Waals surface area (Å²) in [6, 6.07) is 0. The van der Waals surface area contributed by atoms with E-state index >= 15 is 0 Å². The summed E-state index contributed by atoms with van der Waals surface area (Å²) in [5, 5.41) is 8.82. The fourth-order valence-corrected chi connectivity index (χ4v) is 1.65. The molecular weight excluding hydrogens is 186 g/mol. The largest absolute Gasteiger partial charge is 0.476 e. The molecule has 14 heavy (non-hydrogen) atoms. The Balaban J connectivity index is 2.31. The summed E-state index contributed by atoms with van der Waals surface area (Å²) in [6.45, 7) is 2.65. The smallest absolute Gasteiger partial charge is 0.358 e. The highest BCUT2D eigenvalue weighted by molar-refractivity contribution is 5.86.